The molecule has 0 aromatic heterocycles. The largest absolute Gasteiger partial charge is 0.358 e. The van der Waals surface area contributed by atoms with Crippen LogP contribution < -0.4 is 10.2 Å². The fraction of sp³-hybridized carbons (Fsp3) is 0.125. The van der Waals surface area contributed by atoms with Crippen LogP contribution in [0.5, 0.6) is 0 Å². The summed E-state index contributed by atoms with van der Waals surface area (Å²) >= 11 is 6.47. The number of hydrogen-bond acceptors (Lipinski definition) is 2. The monoisotopic (exact) mass is 472 g/mol. The maximum absolute atomic E-state index is 6.47. The predicted molar refractivity (Wildman–Crippen MR) is 149 cm³/mol. The Morgan fingerprint density at radius 2 is 1.49 bits per heavy atom. The summed E-state index contributed by atoms with van der Waals surface area (Å²) in [5.74, 6) is 0.456. The van der Waals surface area contributed by atoms with Crippen molar-refractivity contribution in [1.29, 1.82) is 0 Å². The van der Waals surface area contributed by atoms with Crippen LogP contribution >= 0.6 is 11.6 Å². The predicted octanol–water partition coefficient (Wildman–Crippen LogP) is 9.04. The zero-order chi connectivity index (χ0) is 23.4. The van der Waals surface area contributed by atoms with Crippen LogP contribution in [0.3, 0.4) is 0 Å². The van der Waals surface area contributed by atoms with E-state index in [1.807, 2.05) is 24.3 Å². The molecular weight excluding hydrogens is 448 g/mol. The molecule has 170 valence electrons. The fourth-order valence-corrected chi connectivity index (χ4v) is 6.12. The van der Waals surface area contributed by atoms with Gasteiger partial charge in [-0.1, -0.05) is 90.5 Å². The van der Waals surface area contributed by atoms with Gasteiger partial charge >= 0.3 is 0 Å². The standard InChI is InChI=1S/C32H25ClN2/c33-29-11-5-6-12-30(29)34-24-15-18-27-28-17-14-22-8-3-4-10-26(22)32(28)35(31(27)20-24)25-16-13-21-7-1-2-9-23(21)19-25/h1-14,16-17,19-20,27,31,34H,15,18H2. The minimum absolute atomic E-state index is 0.246. The van der Waals surface area contributed by atoms with Crippen molar-refractivity contribution < 1.29 is 0 Å². The van der Waals surface area contributed by atoms with Crippen LogP contribution in [0.1, 0.15) is 24.3 Å². The number of hydrogen-bond donors (Lipinski definition) is 1. The van der Waals surface area contributed by atoms with Gasteiger partial charge in [0, 0.05) is 22.7 Å². The van der Waals surface area contributed by atoms with Gasteiger partial charge in [0.25, 0.3) is 0 Å². The molecule has 35 heavy (non-hydrogen) atoms. The van der Waals surface area contributed by atoms with Gasteiger partial charge in [-0.15, -0.1) is 0 Å². The number of fused-ring (bicyclic) bond motifs is 6. The summed E-state index contributed by atoms with van der Waals surface area (Å²) in [7, 11) is 0. The third-order valence-corrected chi connectivity index (χ3v) is 7.89. The molecule has 0 fully saturated rings. The third kappa shape index (κ3) is 3.40. The minimum atomic E-state index is 0.246. The first-order valence-electron chi connectivity index (χ1n) is 12.3. The summed E-state index contributed by atoms with van der Waals surface area (Å²) in [6.45, 7) is 0. The fourth-order valence-electron chi connectivity index (χ4n) is 5.94. The number of anilines is 3. The van der Waals surface area contributed by atoms with Gasteiger partial charge in [-0.25, -0.2) is 0 Å². The number of nitrogens with one attached hydrogen (secondary N) is 1. The van der Waals surface area contributed by atoms with E-state index in [2.05, 4.69) is 95.2 Å². The highest BCUT2D eigenvalue weighted by atomic mass is 35.5. The number of para-hydroxylation sites is 1. The van der Waals surface area contributed by atoms with Crippen molar-refractivity contribution >= 4 is 50.2 Å². The lowest BCUT2D eigenvalue weighted by Crippen LogP contribution is -2.31. The van der Waals surface area contributed by atoms with E-state index < -0.39 is 0 Å². The first-order valence-corrected chi connectivity index (χ1v) is 12.7. The molecule has 5 aromatic carbocycles. The van der Waals surface area contributed by atoms with Crippen molar-refractivity contribution in [1.82, 2.24) is 0 Å². The molecule has 2 unspecified atom stereocenters. The molecule has 0 spiro atoms. The smallest absolute Gasteiger partial charge is 0.0640 e. The molecule has 0 bridgehead atoms. The normalized spacial score (nSPS) is 18.9. The van der Waals surface area contributed by atoms with Crippen molar-refractivity contribution in [3.63, 3.8) is 0 Å². The van der Waals surface area contributed by atoms with Gasteiger partial charge in [-0.2, -0.15) is 0 Å². The Kier molecular flexibility index (Phi) is 4.82. The molecule has 1 aliphatic heterocycles. The van der Waals surface area contributed by atoms with E-state index in [-0.39, 0.29) is 6.04 Å². The third-order valence-electron chi connectivity index (χ3n) is 7.56. The van der Waals surface area contributed by atoms with Gasteiger partial charge < -0.3 is 10.2 Å². The second-order valence-corrected chi connectivity index (χ2v) is 9.97. The van der Waals surface area contributed by atoms with Gasteiger partial charge in [0.05, 0.1) is 22.4 Å². The quantitative estimate of drug-likeness (QED) is 0.281. The van der Waals surface area contributed by atoms with Crippen LogP contribution in [0.15, 0.2) is 115 Å². The molecule has 1 N–H and O–H groups in total. The van der Waals surface area contributed by atoms with E-state index >= 15 is 0 Å². The zero-order valence-corrected chi connectivity index (χ0v) is 20.0. The molecule has 2 atom stereocenters. The van der Waals surface area contributed by atoms with E-state index in [9.17, 15) is 0 Å². The molecule has 7 rings (SSSR count). The summed E-state index contributed by atoms with van der Waals surface area (Å²) in [4.78, 5) is 2.57. The van der Waals surface area contributed by atoms with E-state index in [0.717, 1.165) is 23.6 Å². The Morgan fingerprint density at radius 3 is 2.37 bits per heavy atom. The average Bonchev–Trinajstić information content (AvgIpc) is 3.24. The number of allylic oxidation sites excluding steroid dienone is 1. The number of benzene rings is 5. The first-order chi connectivity index (χ1) is 17.3. The van der Waals surface area contributed by atoms with Crippen LogP contribution in [0, 0.1) is 0 Å². The number of nitrogens with zero attached hydrogens (tertiary/aromatic N) is 1. The summed E-state index contributed by atoms with van der Waals surface area (Å²) in [6.07, 6.45) is 4.54. The molecule has 0 radical (unpaired) electrons. The van der Waals surface area contributed by atoms with E-state index in [4.69, 9.17) is 11.6 Å². The number of halogens is 1. The van der Waals surface area contributed by atoms with Crippen LogP contribution in [0.2, 0.25) is 5.02 Å². The van der Waals surface area contributed by atoms with Gasteiger partial charge in [0.2, 0.25) is 0 Å². The molecule has 1 aliphatic carbocycles. The second kappa shape index (κ2) is 8.18. The van der Waals surface area contributed by atoms with Gasteiger partial charge in [-0.05, 0) is 64.9 Å². The molecule has 0 saturated heterocycles. The van der Waals surface area contributed by atoms with Crippen LogP contribution in [-0.2, 0) is 0 Å². The van der Waals surface area contributed by atoms with E-state index in [0.29, 0.717) is 5.92 Å². The van der Waals surface area contributed by atoms with Crippen molar-refractivity contribution in [2.24, 2.45) is 0 Å². The summed E-state index contributed by atoms with van der Waals surface area (Å²) in [5, 5.41) is 9.53. The Morgan fingerprint density at radius 1 is 0.743 bits per heavy atom. The Hall–Kier alpha value is -3.75. The topological polar surface area (TPSA) is 15.3 Å². The number of rotatable bonds is 3. The Labute approximate surface area is 210 Å². The molecule has 2 aliphatic rings. The molecule has 1 heterocycles. The molecule has 0 amide bonds. The highest BCUT2D eigenvalue weighted by Crippen LogP contribution is 2.53. The molecule has 5 aromatic rings. The molecule has 0 saturated carbocycles. The molecule has 2 nitrogen and oxygen atoms in total. The summed E-state index contributed by atoms with van der Waals surface area (Å²) in [5.41, 5.74) is 6.25. The van der Waals surface area contributed by atoms with Crippen molar-refractivity contribution in [3.8, 4) is 0 Å². The molecular formula is C32H25ClN2. The highest BCUT2D eigenvalue weighted by Gasteiger charge is 2.41. The van der Waals surface area contributed by atoms with Crippen molar-refractivity contribution in [2.75, 3.05) is 10.2 Å². The van der Waals surface area contributed by atoms with Crippen molar-refractivity contribution in [2.45, 2.75) is 24.8 Å². The van der Waals surface area contributed by atoms with Crippen LogP contribution in [-0.4, -0.2) is 6.04 Å². The average molecular weight is 473 g/mol. The lowest BCUT2D eigenvalue weighted by molar-refractivity contribution is 0.559. The SMILES string of the molecule is Clc1ccccc1NC1=CC2C(CC1)c1ccc3ccccc3c1N2c1ccc2ccccc2c1. The minimum Gasteiger partial charge on any atom is -0.358 e. The first kappa shape index (κ1) is 20.6. The van der Waals surface area contributed by atoms with Gasteiger partial charge in [-0.3, -0.25) is 0 Å². The zero-order valence-electron chi connectivity index (χ0n) is 19.3. The Balaban J connectivity index is 1.40. The van der Waals surface area contributed by atoms with Crippen LogP contribution in [0.4, 0.5) is 17.1 Å². The lowest BCUT2D eigenvalue weighted by Gasteiger charge is -2.33. The van der Waals surface area contributed by atoms with Gasteiger partial charge in [0.15, 0.2) is 0 Å². The lowest BCUT2D eigenvalue weighted by atomic mass is 9.84. The summed E-state index contributed by atoms with van der Waals surface area (Å²) < 4.78 is 0. The maximum Gasteiger partial charge on any atom is 0.0640 e. The van der Waals surface area contributed by atoms with E-state index in [1.165, 1.54) is 44.2 Å². The van der Waals surface area contributed by atoms with Crippen molar-refractivity contribution in [3.05, 3.63) is 125 Å². The second-order valence-electron chi connectivity index (χ2n) is 9.56. The van der Waals surface area contributed by atoms with Crippen LogP contribution in [0.25, 0.3) is 21.5 Å². The molecule has 3 heteroatoms. The highest BCUT2D eigenvalue weighted by molar-refractivity contribution is 6.33. The summed E-state index contributed by atoms with van der Waals surface area (Å²) in [6, 6.07) is 37.1. The van der Waals surface area contributed by atoms with E-state index in [1.54, 1.807) is 0 Å². The maximum atomic E-state index is 6.47. The Bertz CT molecular complexity index is 1620. The van der Waals surface area contributed by atoms with Gasteiger partial charge in [0.1, 0.15) is 0 Å².